The van der Waals surface area contributed by atoms with Gasteiger partial charge in [-0.2, -0.15) is 0 Å². The number of aliphatic hydroxyl groups is 2. The zero-order valence-electron chi connectivity index (χ0n) is 20.3. The molecule has 0 saturated carbocycles. The van der Waals surface area contributed by atoms with E-state index in [1.165, 1.54) is 6.08 Å². The minimum Gasteiger partial charge on any atom is -0.508 e. The number of hydrogen-bond donors (Lipinski definition) is 3. The number of rotatable bonds is 8. The molecule has 9 nitrogen and oxygen atoms in total. The number of ether oxygens (including phenoxy) is 2. The number of likely N-dealkylation sites (N-methyl/N-ethyl adjacent to an activating group) is 1. The van der Waals surface area contributed by atoms with Crippen LogP contribution in [-0.4, -0.2) is 71.5 Å². The smallest absolute Gasteiger partial charge is 0.255 e. The third-order valence-corrected chi connectivity index (χ3v) is 7.14. The molecule has 0 bridgehead atoms. The van der Waals surface area contributed by atoms with Crippen LogP contribution in [0.4, 0.5) is 0 Å². The van der Waals surface area contributed by atoms with E-state index in [1.807, 2.05) is 6.07 Å². The second-order valence-electron chi connectivity index (χ2n) is 9.43. The molecule has 1 aromatic carbocycles. The number of ketones is 2. The number of hydrogen-bond acceptors (Lipinski definition) is 8. The number of aliphatic hydroxyl groups excluding tert-OH is 1. The van der Waals surface area contributed by atoms with Crippen molar-refractivity contribution >= 4 is 17.5 Å². The van der Waals surface area contributed by atoms with Crippen molar-refractivity contribution in [1.29, 1.82) is 0 Å². The summed E-state index contributed by atoms with van der Waals surface area (Å²) in [5, 5.41) is 23.3. The van der Waals surface area contributed by atoms with Gasteiger partial charge >= 0.3 is 0 Å². The Hall–Kier alpha value is -3.69. The minimum atomic E-state index is -2.53. The summed E-state index contributed by atoms with van der Waals surface area (Å²) in [5.41, 5.74) is 3.44. The van der Waals surface area contributed by atoms with Crippen LogP contribution in [0, 0.1) is 11.8 Å². The van der Waals surface area contributed by atoms with Gasteiger partial charge in [-0.3, -0.25) is 19.3 Å². The molecule has 1 aromatic rings. The van der Waals surface area contributed by atoms with Gasteiger partial charge in [0.25, 0.3) is 5.91 Å². The lowest BCUT2D eigenvalue weighted by Crippen LogP contribution is -2.64. The average molecular weight is 495 g/mol. The topological polar surface area (TPSA) is 139 Å². The lowest BCUT2D eigenvalue weighted by atomic mass is 9.58. The summed E-state index contributed by atoms with van der Waals surface area (Å²) in [6.07, 6.45) is 3.58. The summed E-state index contributed by atoms with van der Waals surface area (Å²) in [6.45, 7) is 7.41. The minimum absolute atomic E-state index is 0.00469. The van der Waals surface area contributed by atoms with Crippen LogP contribution in [0.15, 0.2) is 66.2 Å². The van der Waals surface area contributed by atoms with Crippen molar-refractivity contribution < 1.29 is 34.1 Å². The number of carbonyl (C=O) groups excluding carboxylic acids is 3. The molecule has 9 heteroatoms. The number of benzene rings is 1. The van der Waals surface area contributed by atoms with Gasteiger partial charge in [-0.15, -0.1) is 0 Å². The molecule has 36 heavy (non-hydrogen) atoms. The Morgan fingerprint density at radius 2 is 1.89 bits per heavy atom. The number of carbonyl (C=O) groups is 3. The Morgan fingerprint density at radius 1 is 1.22 bits per heavy atom. The zero-order valence-corrected chi connectivity index (χ0v) is 20.3. The number of nitrogens with two attached hydrogens (primary N) is 1. The van der Waals surface area contributed by atoms with Crippen LogP contribution >= 0.6 is 0 Å². The number of Topliss-reactive ketones (excluding diaryl/α,β-unsaturated/α-hetero) is 2. The van der Waals surface area contributed by atoms with E-state index in [4.69, 9.17) is 15.2 Å². The Labute approximate surface area is 209 Å². The van der Waals surface area contributed by atoms with E-state index in [2.05, 4.69) is 13.2 Å². The molecule has 4 N–H and O–H groups in total. The van der Waals surface area contributed by atoms with E-state index in [9.17, 15) is 24.6 Å². The highest BCUT2D eigenvalue weighted by molar-refractivity contribution is 6.24. The first-order valence-electron chi connectivity index (χ1n) is 11.6. The number of amides is 1. The molecule has 4 rings (SSSR count). The first-order valence-corrected chi connectivity index (χ1v) is 11.6. The highest BCUT2D eigenvalue weighted by Crippen LogP contribution is 2.52. The number of primary amides is 1. The Kier molecular flexibility index (Phi) is 6.64. The van der Waals surface area contributed by atoms with Gasteiger partial charge in [0.1, 0.15) is 36.1 Å². The van der Waals surface area contributed by atoms with Gasteiger partial charge in [0, 0.05) is 11.5 Å². The second-order valence-corrected chi connectivity index (χ2v) is 9.43. The average Bonchev–Trinajstić information content (AvgIpc) is 2.82. The van der Waals surface area contributed by atoms with Crippen LogP contribution in [0.2, 0.25) is 0 Å². The molecule has 3 aliphatic rings. The Bertz CT molecular complexity index is 1230. The van der Waals surface area contributed by atoms with Crippen LogP contribution in [0.3, 0.4) is 0 Å². The fourth-order valence-electron chi connectivity index (χ4n) is 5.72. The third kappa shape index (κ3) is 3.66. The van der Waals surface area contributed by atoms with Gasteiger partial charge < -0.3 is 25.4 Å². The summed E-state index contributed by atoms with van der Waals surface area (Å²) < 4.78 is 11.4. The summed E-state index contributed by atoms with van der Waals surface area (Å²) in [7, 11) is 3.41. The maximum atomic E-state index is 13.7. The number of allylic oxidation sites excluding steroid dienone is 1. The summed E-state index contributed by atoms with van der Waals surface area (Å²) in [5.74, 6) is -4.51. The van der Waals surface area contributed by atoms with Crippen molar-refractivity contribution in [1.82, 2.24) is 4.90 Å². The SMILES string of the molecule is C=CCOC1=C(C(N)=O)C(=O)C2(O)C(O)=C3C(=O)c4c(cccc4OCC=C)CC3CC2C1N(C)C. The monoisotopic (exact) mass is 494 g/mol. The van der Waals surface area contributed by atoms with Crippen molar-refractivity contribution in [3.8, 4) is 5.75 Å². The van der Waals surface area contributed by atoms with E-state index in [-0.39, 0.29) is 36.5 Å². The largest absolute Gasteiger partial charge is 0.508 e. The molecule has 4 unspecified atom stereocenters. The molecule has 0 spiro atoms. The molecule has 0 heterocycles. The normalized spacial score (nSPS) is 27.3. The quantitative estimate of drug-likeness (QED) is 0.366. The van der Waals surface area contributed by atoms with Gasteiger partial charge in [0.05, 0.1) is 11.6 Å². The lowest BCUT2D eigenvalue weighted by molar-refractivity contribution is -0.149. The van der Waals surface area contributed by atoms with Crippen LogP contribution in [0.1, 0.15) is 22.3 Å². The Balaban J connectivity index is 1.92. The molecule has 0 saturated heterocycles. The molecular formula is C27H30N2O7. The van der Waals surface area contributed by atoms with Crippen molar-refractivity contribution in [2.24, 2.45) is 17.6 Å². The summed E-state index contributed by atoms with van der Waals surface area (Å²) in [4.78, 5) is 41.4. The van der Waals surface area contributed by atoms with Gasteiger partial charge in [-0.1, -0.05) is 37.4 Å². The van der Waals surface area contributed by atoms with Gasteiger partial charge in [0.2, 0.25) is 5.78 Å². The standard InChI is InChI=1S/C27H30N2O7/c1-5-10-35-17-9-7-8-14-12-15-13-16-21(29(3)4)23(36-11-6-2)20(26(28)33)25(32)27(16,34)24(31)19(15)22(30)18(14)17/h5-9,15-16,21,31,34H,1-2,10-13H2,3-4H3,(H2,28,33). The fourth-order valence-corrected chi connectivity index (χ4v) is 5.72. The first kappa shape index (κ1) is 25.4. The molecule has 0 fully saturated rings. The first-order chi connectivity index (χ1) is 17.1. The number of fused-ring (bicyclic) bond motifs is 3. The second kappa shape index (κ2) is 9.40. The lowest BCUT2D eigenvalue weighted by Gasteiger charge is -2.50. The van der Waals surface area contributed by atoms with Crippen molar-refractivity contribution in [3.05, 3.63) is 77.3 Å². The predicted octanol–water partition coefficient (Wildman–Crippen LogP) is 1.62. The van der Waals surface area contributed by atoms with Gasteiger partial charge in [-0.25, -0.2) is 0 Å². The fraction of sp³-hybridized carbons (Fsp3) is 0.370. The van der Waals surface area contributed by atoms with Crippen molar-refractivity contribution in [2.75, 3.05) is 27.3 Å². The van der Waals surface area contributed by atoms with E-state index >= 15 is 0 Å². The van der Waals surface area contributed by atoms with Gasteiger partial charge in [-0.05, 0) is 44.5 Å². The van der Waals surface area contributed by atoms with E-state index < -0.39 is 52.3 Å². The molecular weight excluding hydrogens is 464 g/mol. The highest BCUT2D eigenvalue weighted by atomic mass is 16.5. The number of nitrogens with zero attached hydrogens (tertiary/aromatic N) is 1. The van der Waals surface area contributed by atoms with E-state index in [1.54, 1.807) is 37.2 Å². The third-order valence-electron chi connectivity index (χ3n) is 7.14. The van der Waals surface area contributed by atoms with Crippen molar-refractivity contribution in [3.63, 3.8) is 0 Å². The molecule has 4 atom stereocenters. The molecule has 0 radical (unpaired) electrons. The molecule has 190 valence electrons. The van der Waals surface area contributed by atoms with Gasteiger partial charge in [0.15, 0.2) is 11.4 Å². The Morgan fingerprint density at radius 3 is 2.50 bits per heavy atom. The van der Waals surface area contributed by atoms with Crippen LogP contribution < -0.4 is 10.5 Å². The van der Waals surface area contributed by atoms with Crippen molar-refractivity contribution in [2.45, 2.75) is 24.5 Å². The zero-order chi connectivity index (χ0) is 26.4. The maximum Gasteiger partial charge on any atom is 0.255 e. The predicted molar refractivity (Wildman–Crippen MR) is 131 cm³/mol. The summed E-state index contributed by atoms with van der Waals surface area (Å²) >= 11 is 0. The van der Waals surface area contributed by atoms with E-state index in [0.717, 1.165) is 5.56 Å². The van der Waals surface area contributed by atoms with E-state index in [0.29, 0.717) is 12.2 Å². The van der Waals surface area contributed by atoms with Crippen LogP contribution in [-0.2, 0) is 20.7 Å². The highest BCUT2D eigenvalue weighted by Gasteiger charge is 2.63. The maximum absolute atomic E-state index is 13.7. The molecule has 0 aromatic heterocycles. The molecule has 3 aliphatic carbocycles. The van der Waals surface area contributed by atoms with Crippen LogP contribution in [0.5, 0.6) is 5.75 Å². The molecule has 0 aliphatic heterocycles. The summed E-state index contributed by atoms with van der Waals surface area (Å²) in [6, 6.07) is 4.47. The van der Waals surface area contributed by atoms with Crippen LogP contribution in [0.25, 0.3) is 0 Å². The molecule has 1 amide bonds.